The molecule has 1 rings (SSSR count). The number of rotatable bonds is 6. The second-order valence-electron chi connectivity index (χ2n) is 3.09. The lowest BCUT2D eigenvalue weighted by Crippen LogP contribution is -2.26. The average molecular weight is 232 g/mol. The Bertz CT molecular complexity index is 399. The van der Waals surface area contributed by atoms with Crippen LogP contribution in [0.4, 0.5) is 0 Å². The summed E-state index contributed by atoms with van der Waals surface area (Å²) < 4.78 is 25.7. The van der Waals surface area contributed by atoms with E-state index in [0.29, 0.717) is 31.8 Å². The highest BCUT2D eigenvalue weighted by atomic mass is 32.2. The lowest BCUT2D eigenvalue weighted by molar-refractivity contribution is 0.576. The van der Waals surface area contributed by atoms with E-state index in [0.717, 1.165) is 0 Å². The summed E-state index contributed by atoms with van der Waals surface area (Å²) in [7, 11) is -3.45. The minimum atomic E-state index is -3.45. The predicted molar refractivity (Wildman–Crippen MR) is 56.8 cm³/mol. The van der Waals surface area contributed by atoms with Gasteiger partial charge in [0, 0.05) is 13.0 Å². The summed E-state index contributed by atoms with van der Waals surface area (Å²) in [6, 6.07) is 0. The first-order chi connectivity index (χ1) is 7.10. The molecule has 1 aromatic heterocycles. The Labute approximate surface area is 89.3 Å². The number of aromatic nitrogens is 2. The van der Waals surface area contributed by atoms with E-state index in [1.807, 2.05) is 6.92 Å². The van der Waals surface area contributed by atoms with Crippen LogP contribution in [0.25, 0.3) is 0 Å². The van der Waals surface area contributed by atoms with Crippen molar-refractivity contribution >= 4 is 10.0 Å². The summed E-state index contributed by atoms with van der Waals surface area (Å²) in [5.74, 6) is 0.661. The van der Waals surface area contributed by atoms with Gasteiger partial charge in [-0.3, -0.25) is 0 Å². The fourth-order valence-corrected chi connectivity index (χ4v) is 2.06. The van der Waals surface area contributed by atoms with Crippen LogP contribution in [0.15, 0.2) is 11.2 Å². The van der Waals surface area contributed by atoms with Gasteiger partial charge in [0.15, 0.2) is 5.03 Å². The van der Waals surface area contributed by atoms with Crippen LogP contribution in [0.3, 0.4) is 0 Å². The third-order valence-corrected chi connectivity index (χ3v) is 3.27. The molecule has 6 nitrogen and oxygen atoms in total. The minimum absolute atomic E-state index is 0.108. The van der Waals surface area contributed by atoms with Gasteiger partial charge in [0.25, 0.3) is 10.0 Å². The molecule has 1 aromatic rings. The fourth-order valence-electron chi connectivity index (χ4n) is 1.05. The summed E-state index contributed by atoms with van der Waals surface area (Å²) in [5.41, 5.74) is 5.27. The number of sulfonamides is 1. The normalized spacial score (nSPS) is 11.9. The molecule has 0 unspecified atom stereocenters. The first kappa shape index (κ1) is 12.2. The number of hydrogen-bond acceptors (Lipinski definition) is 4. The molecule has 1 heterocycles. The molecule has 7 heteroatoms. The molecule has 0 aliphatic heterocycles. The summed E-state index contributed by atoms with van der Waals surface area (Å²) >= 11 is 0. The number of hydrogen-bond donors (Lipinski definition) is 3. The molecular weight excluding hydrogens is 216 g/mol. The summed E-state index contributed by atoms with van der Waals surface area (Å²) in [4.78, 5) is 6.67. The van der Waals surface area contributed by atoms with Crippen molar-refractivity contribution in [1.29, 1.82) is 0 Å². The van der Waals surface area contributed by atoms with Gasteiger partial charge in [-0.15, -0.1) is 0 Å². The minimum Gasteiger partial charge on any atom is -0.332 e. The lowest BCUT2D eigenvalue weighted by atomic mass is 10.4. The fraction of sp³-hybridized carbons (Fsp3) is 0.625. The highest BCUT2D eigenvalue weighted by Crippen LogP contribution is 2.05. The maximum atomic E-state index is 11.6. The second-order valence-corrected chi connectivity index (χ2v) is 4.82. The van der Waals surface area contributed by atoms with Crippen LogP contribution in [0.1, 0.15) is 19.2 Å². The third-order valence-electron chi connectivity index (χ3n) is 1.90. The van der Waals surface area contributed by atoms with E-state index in [1.54, 1.807) is 0 Å². The van der Waals surface area contributed by atoms with E-state index in [4.69, 9.17) is 5.73 Å². The van der Waals surface area contributed by atoms with Crippen molar-refractivity contribution in [2.45, 2.75) is 24.8 Å². The van der Waals surface area contributed by atoms with Gasteiger partial charge in [-0.05, 0) is 13.0 Å². The molecule has 0 aromatic carbocycles. The second kappa shape index (κ2) is 5.24. The van der Waals surface area contributed by atoms with Crippen molar-refractivity contribution in [2.24, 2.45) is 5.73 Å². The van der Waals surface area contributed by atoms with E-state index in [1.165, 1.54) is 6.20 Å². The number of imidazole rings is 1. The molecule has 0 saturated carbocycles. The lowest BCUT2D eigenvalue weighted by Gasteiger charge is -2.02. The van der Waals surface area contributed by atoms with Gasteiger partial charge in [-0.2, -0.15) is 0 Å². The van der Waals surface area contributed by atoms with Crippen molar-refractivity contribution in [3.63, 3.8) is 0 Å². The number of nitrogens with two attached hydrogens (primary N) is 1. The largest absolute Gasteiger partial charge is 0.332 e. The summed E-state index contributed by atoms with van der Waals surface area (Å²) in [6.45, 7) is 2.71. The Morgan fingerprint density at radius 3 is 2.87 bits per heavy atom. The highest BCUT2D eigenvalue weighted by Gasteiger charge is 2.15. The van der Waals surface area contributed by atoms with E-state index in [-0.39, 0.29) is 5.03 Å². The molecule has 0 bridgehead atoms. The van der Waals surface area contributed by atoms with Crippen LogP contribution in [-0.4, -0.2) is 31.5 Å². The van der Waals surface area contributed by atoms with Gasteiger partial charge in [0.2, 0.25) is 0 Å². The molecule has 0 spiro atoms. The van der Waals surface area contributed by atoms with Crippen LogP contribution in [0.2, 0.25) is 0 Å². The van der Waals surface area contributed by atoms with Gasteiger partial charge in [0.05, 0.1) is 6.20 Å². The molecule has 0 amide bonds. The van der Waals surface area contributed by atoms with Crippen molar-refractivity contribution < 1.29 is 8.42 Å². The van der Waals surface area contributed by atoms with Crippen LogP contribution >= 0.6 is 0 Å². The number of aryl methyl sites for hydroxylation is 1. The van der Waals surface area contributed by atoms with E-state index in [9.17, 15) is 8.42 Å². The molecular formula is C8H16N4O2S. The molecule has 0 fully saturated rings. The molecule has 0 saturated heterocycles. The SMILES string of the molecule is CCc1ncc(S(=O)(=O)NCCCN)[nH]1. The number of nitrogens with zero attached hydrogens (tertiary/aromatic N) is 1. The Balaban J connectivity index is 2.68. The zero-order valence-corrected chi connectivity index (χ0v) is 9.47. The van der Waals surface area contributed by atoms with Gasteiger partial charge < -0.3 is 10.7 Å². The Kier molecular flexibility index (Phi) is 4.25. The van der Waals surface area contributed by atoms with Gasteiger partial charge in [0.1, 0.15) is 5.82 Å². The van der Waals surface area contributed by atoms with Crippen LogP contribution in [0.5, 0.6) is 0 Å². The maximum absolute atomic E-state index is 11.6. The third kappa shape index (κ3) is 3.29. The Hall–Kier alpha value is -0.920. The number of aromatic amines is 1. The zero-order valence-electron chi connectivity index (χ0n) is 8.66. The van der Waals surface area contributed by atoms with E-state index >= 15 is 0 Å². The molecule has 0 atom stereocenters. The van der Waals surface area contributed by atoms with Crippen molar-refractivity contribution in [1.82, 2.24) is 14.7 Å². The van der Waals surface area contributed by atoms with Crippen LogP contribution in [0, 0.1) is 0 Å². The maximum Gasteiger partial charge on any atom is 0.257 e. The molecule has 0 aliphatic rings. The summed E-state index contributed by atoms with van der Waals surface area (Å²) in [5, 5.41) is 0.108. The highest BCUT2D eigenvalue weighted by molar-refractivity contribution is 7.89. The van der Waals surface area contributed by atoms with Crippen molar-refractivity contribution in [2.75, 3.05) is 13.1 Å². The van der Waals surface area contributed by atoms with Crippen molar-refractivity contribution in [3.8, 4) is 0 Å². The topological polar surface area (TPSA) is 101 Å². The molecule has 0 aliphatic carbocycles. The molecule has 15 heavy (non-hydrogen) atoms. The average Bonchev–Trinajstić information content (AvgIpc) is 2.66. The monoisotopic (exact) mass is 232 g/mol. The molecule has 4 N–H and O–H groups in total. The van der Waals surface area contributed by atoms with Crippen LogP contribution in [-0.2, 0) is 16.4 Å². The Morgan fingerprint density at radius 1 is 1.60 bits per heavy atom. The van der Waals surface area contributed by atoms with E-state index < -0.39 is 10.0 Å². The zero-order chi connectivity index (χ0) is 11.3. The first-order valence-electron chi connectivity index (χ1n) is 4.83. The number of H-pyrrole nitrogens is 1. The standard InChI is InChI=1S/C8H16N4O2S/c1-2-7-10-6-8(12-7)15(13,14)11-5-3-4-9/h6,11H,2-5,9H2,1H3,(H,10,12). The quantitative estimate of drug-likeness (QED) is 0.581. The predicted octanol–water partition coefficient (Wildman–Crippen LogP) is -0.401. The summed E-state index contributed by atoms with van der Waals surface area (Å²) in [6.07, 6.45) is 2.62. The molecule has 86 valence electrons. The van der Waals surface area contributed by atoms with Gasteiger partial charge in [-0.25, -0.2) is 18.1 Å². The van der Waals surface area contributed by atoms with Gasteiger partial charge in [-0.1, -0.05) is 6.92 Å². The van der Waals surface area contributed by atoms with Gasteiger partial charge >= 0.3 is 0 Å². The van der Waals surface area contributed by atoms with Crippen LogP contribution < -0.4 is 10.5 Å². The Morgan fingerprint density at radius 2 is 2.33 bits per heavy atom. The smallest absolute Gasteiger partial charge is 0.257 e. The molecule has 0 radical (unpaired) electrons. The van der Waals surface area contributed by atoms with E-state index in [2.05, 4.69) is 14.7 Å². The number of nitrogens with one attached hydrogen (secondary N) is 2. The first-order valence-corrected chi connectivity index (χ1v) is 6.32. The van der Waals surface area contributed by atoms with Crippen molar-refractivity contribution in [3.05, 3.63) is 12.0 Å².